The molecule has 0 aliphatic heterocycles. The predicted molar refractivity (Wildman–Crippen MR) is 128 cm³/mol. The second-order valence-corrected chi connectivity index (χ2v) is 8.57. The number of aromatic amines is 1. The summed E-state index contributed by atoms with van der Waals surface area (Å²) in [5, 5.41) is 3.75. The molecule has 2 heterocycles. The number of carbonyl (C=O) groups is 2. The highest BCUT2D eigenvalue weighted by atomic mass is 35.5. The summed E-state index contributed by atoms with van der Waals surface area (Å²) in [5.41, 5.74) is 3.31. The Morgan fingerprint density at radius 2 is 1.94 bits per heavy atom. The van der Waals surface area contributed by atoms with Gasteiger partial charge in [-0.05, 0) is 55.8 Å². The highest BCUT2D eigenvalue weighted by Gasteiger charge is 2.25. The largest absolute Gasteiger partial charge is 0.496 e. The molecule has 0 fully saturated rings. The number of methoxy groups -OCH3 is 1. The Kier molecular flexibility index (Phi) is 6.30. The Morgan fingerprint density at radius 3 is 2.56 bits per heavy atom. The Balaban J connectivity index is 1.83. The average molecular weight is 468 g/mol. The fourth-order valence-electron chi connectivity index (χ4n) is 3.84. The maximum Gasteiger partial charge on any atom is 0.233 e. The molecule has 0 aliphatic carbocycles. The molecule has 2 aromatic carbocycles. The van der Waals surface area contributed by atoms with E-state index in [4.69, 9.17) is 16.3 Å². The number of fused-ring (bicyclic) bond motifs is 1. The van der Waals surface area contributed by atoms with Gasteiger partial charge in [-0.2, -0.15) is 0 Å². The first-order chi connectivity index (χ1) is 15.4. The van der Waals surface area contributed by atoms with E-state index in [0.29, 0.717) is 39.0 Å². The molecule has 4 aromatic rings. The molecule has 6 nitrogen and oxygen atoms in total. The summed E-state index contributed by atoms with van der Waals surface area (Å²) in [6, 6.07) is 10.4. The van der Waals surface area contributed by atoms with Crippen LogP contribution in [-0.2, 0) is 11.2 Å². The van der Waals surface area contributed by atoms with Crippen molar-refractivity contribution in [2.24, 2.45) is 0 Å². The molecular weight excluding hydrogens is 446 g/mol. The van der Waals surface area contributed by atoms with Gasteiger partial charge in [0, 0.05) is 45.3 Å². The Hall–Kier alpha value is -3.16. The number of nitrogens with one attached hydrogen (secondary N) is 1. The van der Waals surface area contributed by atoms with Crippen LogP contribution in [0.15, 0.2) is 48.0 Å². The molecule has 0 saturated carbocycles. The monoisotopic (exact) mass is 467 g/mol. The van der Waals surface area contributed by atoms with Gasteiger partial charge < -0.3 is 9.72 Å². The van der Waals surface area contributed by atoms with Crippen molar-refractivity contribution in [3.05, 3.63) is 75.4 Å². The van der Waals surface area contributed by atoms with E-state index >= 15 is 0 Å². The fraction of sp³-hybridized carbons (Fsp3) is 0.208. The van der Waals surface area contributed by atoms with Crippen LogP contribution in [0.25, 0.3) is 10.9 Å². The first-order valence-electron chi connectivity index (χ1n) is 10.1. The van der Waals surface area contributed by atoms with Gasteiger partial charge in [-0.1, -0.05) is 11.6 Å². The van der Waals surface area contributed by atoms with Gasteiger partial charge >= 0.3 is 0 Å². The first-order valence-corrected chi connectivity index (χ1v) is 11.4. The number of likely N-dealkylation sites (N-methyl/N-ethyl adjacent to an activating group) is 1. The van der Waals surface area contributed by atoms with Crippen LogP contribution in [0.4, 0.5) is 5.13 Å². The molecule has 8 heteroatoms. The molecule has 2 aromatic heterocycles. The Morgan fingerprint density at radius 1 is 1.19 bits per heavy atom. The smallest absolute Gasteiger partial charge is 0.233 e. The number of hydrogen-bond donors (Lipinski definition) is 1. The van der Waals surface area contributed by atoms with Crippen LogP contribution in [0.5, 0.6) is 5.75 Å². The molecule has 164 valence electrons. The zero-order valence-corrected chi connectivity index (χ0v) is 19.5. The molecule has 4 rings (SSSR count). The summed E-state index contributed by atoms with van der Waals surface area (Å²) in [7, 11) is 1.53. The van der Waals surface area contributed by atoms with E-state index in [-0.39, 0.29) is 18.1 Å². The molecule has 0 unspecified atom stereocenters. The molecule has 0 aliphatic rings. The quantitative estimate of drug-likeness (QED) is 0.368. The number of ether oxygens (including phenoxy) is 1. The standard InChI is InChI=1S/C24H22ClN3O3S/c1-4-28(24-26-11-12-32-24)20(29)13-17-14(2)27-18-9-10-19(31-3)22(21(17)18)23(30)15-5-7-16(25)8-6-15/h5-12,27H,4,13H2,1-3H3. The Labute approximate surface area is 194 Å². The van der Waals surface area contributed by atoms with Crippen molar-refractivity contribution in [3.8, 4) is 5.75 Å². The zero-order valence-electron chi connectivity index (χ0n) is 17.9. The number of amides is 1. The number of carbonyl (C=O) groups excluding carboxylic acids is 2. The number of benzene rings is 2. The van der Waals surface area contributed by atoms with Crippen molar-refractivity contribution in [2.75, 3.05) is 18.6 Å². The minimum Gasteiger partial charge on any atom is -0.496 e. The Bertz CT molecular complexity index is 1280. The normalized spacial score (nSPS) is 11.0. The highest BCUT2D eigenvalue weighted by molar-refractivity contribution is 7.13. The molecule has 0 spiro atoms. The van der Waals surface area contributed by atoms with E-state index in [9.17, 15) is 9.59 Å². The molecular formula is C24H22ClN3O3S. The second-order valence-electron chi connectivity index (χ2n) is 7.26. The van der Waals surface area contributed by atoms with E-state index in [1.807, 2.05) is 25.3 Å². The number of anilines is 1. The highest BCUT2D eigenvalue weighted by Crippen LogP contribution is 2.35. The van der Waals surface area contributed by atoms with Crippen LogP contribution in [-0.4, -0.2) is 35.3 Å². The van der Waals surface area contributed by atoms with Crippen LogP contribution in [0, 0.1) is 6.92 Å². The second kappa shape index (κ2) is 9.14. The van der Waals surface area contributed by atoms with Crippen molar-refractivity contribution < 1.29 is 14.3 Å². The van der Waals surface area contributed by atoms with Crippen molar-refractivity contribution in [1.82, 2.24) is 9.97 Å². The third-order valence-electron chi connectivity index (χ3n) is 5.39. The number of ketones is 1. The third kappa shape index (κ3) is 4.01. The lowest BCUT2D eigenvalue weighted by atomic mass is 9.95. The van der Waals surface area contributed by atoms with E-state index in [0.717, 1.165) is 16.8 Å². The van der Waals surface area contributed by atoms with Crippen LogP contribution in [0.2, 0.25) is 5.02 Å². The van der Waals surface area contributed by atoms with Gasteiger partial charge in [0.2, 0.25) is 5.91 Å². The summed E-state index contributed by atoms with van der Waals surface area (Å²) in [6.07, 6.45) is 1.81. The summed E-state index contributed by atoms with van der Waals surface area (Å²) < 4.78 is 5.55. The number of aryl methyl sites for hydroxylation is 1. The van der Waals surface area contributed by atoms with Crippen molar-refractivity contribution in [3.63, 3.8) is 0 Å². The summed E-state index contributed by atoms with van der Waals surface area (Å²) >= 11 is 7.42. The molecule has 0 atom stereocenters. The third-order valence-corrected chi connectivity index (χ3v) is 6.44. The molecule has 1 N–H and O–H groups in total. The van der Waals surface area contributed by atoms with Crippen molar-refractivity contribution >= 4 is 50.7 Å². The van der Waals surface area contributed by atoms with E-state index < -0.39 is 0 Å². The lowest BCUT2D eigenvalue weighted by Gasteiger charge is -2.18. The summed E-state index contributed by atoms with van der Waals surface area (Å²) in [5.74, 6) is 0.181. The van der Waals surface area contributed by atoms with E-state index in [1.54, 1.807) is 41.4 Å². The number of hydrogen-bond acceptors (Lipinski definition) is 5. The minimum absolute atomic E-state index is 0.0841. The molecule has 1 amide bonds. The van der Waals surface area contributed by atoms with E-state index in [1.165, 1.54) is 18.4 Å². The maximum absolute atomic E-state index is 13.5. The molecule has 0 bridgehead atoms. The van der Waals surface area contributed by atoms with Crippen molar-refractivity contribution in [2.45, 2.75) is 20.3 Å². The maximum atomic E-state index is 13.5. The summed E-state index contributed by atoms with van der Waals surface area (Å²) in [4.78, 5) is 36.0. The zero-order chi connectivity index (χ0) is 22.8. The minimum atomic E-state index is -0.191. The lowest BCUT2D eigenvalue weighted by molar-refractivity contribution is -0.117. The first kappa shape index (κ1) is 22.0. The topological polar surface area (TPSA) is 75.3 Å². The number of thiazole rings is 1. The van der Waals surface area contributed by atoms with Crippen LogP contribution < -0.4 is 9.64 Å². The number of H-pyrrole nitrogens is 1. The number of halogens is 1. The summed E-state index contributed by atoms with van der Waals surface area (Å²) in [6.45, 7) is 4.33. The predicted octanol–water partition coefficient (Wildman–Crippen LogP) is 5.42. The number of aromatic nitrogens is 2. The number of rotatable bonds is 7. The van der Waals surface area contributed by atoms with Crippen LogP contribution in [0.3, 0.4) is 0 Å². The molecule has 32 heavy (non-hydrogen) atoms. The van der Waals surface area contributed by atoms with Crippen LogP contribution in [0.1, 0.15) is 34.1 Å². The number of nitrogens with zero attached hydrogens (tertiary/aromatic N) is 2. The average Bonchev–Trinajstić information content (AvgIpc) is 3.42. The SMILES string of the molecule is CCN(C(=O)Cc1c(C)[nH]c2ccc(OC)c(C(=O)c3ccc(Cl)cc3)c12)c1nccs1. The van der Waals surface area contributed by atoms with Gasteiger partial charge in [0.15, 0.2) is 10.9 Å². The van der Waals surface area contributed by atoms with Gasteiger partial charge in [-0.15, -0.1) is 11.3 Å². The van der Waals surface area contributed by atoms with Gasteiger partial charge in [-0.3, -0.25) is 14.5 Å². The van der Waals surface area contributed by atoms with Gasteiger partial charge in [0.25, 0.3) is 0 Å². The van der Waals surface area contributed by atoms with Crippen molar-refractivity contribution in [1.29, 1.82) is 0 Å². The lowest BCUT2D eigenvalue weighted by Crippen LogP contribution is -2.32. The van der Waals surface area contributed by atoms with Gasteiger partial charge in [-0.25, -0.2) is 4.98 Å². The van der Waals surface area contributed by atoms with Gasteiger partial charge in [0.05, 0.1) is 19.1 Å². The fourth-order valence-corrected chi connectivity index (χ4v) is 4.69. The van der Waals surface area contributed by atoms with Gasteiger partial charge in [0.1, 0.15) is 5.75 Å². The van der Waals surface area contributed by atoms with E-state index in [2.05, 4.69) is 9.97 Å². The molecule has 0 radical (unpaired) electrons. The molecule has 0 saturated heterocycles. The van der Waals surface area contributed by atoms with Crippen LogP contribution >= 0.6 is 22.9 Å².